The third kappa shape index (κ3) is 1.66. The quantitative estimate of drug-likeness (QED) is 0.478. The molecule has 3 aromatic rings. The average Bonchev–Trinajstić information content (AvgIpc) is 2.86. The Morgan fingerprint density at radius 2 is 1.90 bits per heavy atom. The first kappa shape index (κ1) is 11.7. The van der Waals surface area contributed by atoms with Crippen molar-refractivity contribution in [3.05, 3.63) is 65.7 Å². The van der Waals surface area contributed by atoms with Gasteiger partial charge >= 0.3 is 0 Å². The largest absolute Gasteiger partial charge is 0.213 e. The van der Waals surface area contributed by atoms with Gasteiger partial charge in [0.05, 0.1) is 5.56 Å². The molecule has 0 atom stereocenters. The lowest BCUT2D eigenvalue weighted by atomic mass is 10.0. The molecule has 0 saturated carbocycles. The molecule has 0 saturated heterocycles. The Kier molecular flexibility index (Phi) is 2.59. The maximum atomic E-state index is 2.44. The normalized spacial score (nSPS) is 12.4. The van der Waals surface area contributed by atoms with Crippen LogP contribution in [0.5, 0.6) is 0 Å². The van der Waals surface area contributed by atoms with Gasteiger partial charge in [-0.05, 0) is 30.2 Å². The van der Waals surface area contributed by atoms with Gasteiger partial charge in [-0.3, -0.25) is 0 Å². The number of aryl methyl sites for hydroxylation is 1. The maximum absolute atomic E-state index is 2.44. The van der Waals surface area contributed by atoms with E-state index in [9.17, 15) is 0 Å². The van der Waals surface area contributed by atoms with Crippen LogP contribution in [0.15, 0.2) is 54.6 Å². The van der Waals surface area contributed by atoms with Crippen LogP contribution in [0.1, 0.15) is 24.5 Å². The van der Waals surface area contributed by atoms with Crippen LogP contribution in [-0.4, -0.2) is 0 Å². The first-order valence-corrected chi connectivity index (χ1v) is 7.40. The summed E-state index contributed by atoms with van der Waals surface area (Å²) in [7, 11) is 0. The molecule has 0 amide bonds. The van der Waals surface area contributed by atoms with Crippen molar-refractivity contribution in [3.8, 4) is 11.3 Å². The van der Waals surface area contributed by atoms with Crippen molar-refractivity contribution in [2.75, 3.05) is 0 Å². The van der Waals surface area contributed by atoms with E-state index in [4.69, 9.17) is 0 Å². The van der Waals surface area contributed by atoms with Crippen LogP contribution in [-0.2, 0) is 13.0 Å². The van der Waals surface area contributed by atoms with E-state index in [1.54, 1.807) is 0 Å². The van der Waals surface area contributed by atoms with Gasteiger partial charge in [-0.15, -0.1) is 0 Å². The van der Waals surface area contributed by atoms with Gasteiger partial charge in [0.2, 0.25) is 11.2 Å². The number of aromatic nitrogens is 1. The third-order valence-electron chi connectivity index (χ3n) is 4.26. The Hall–Kier alpha value is -2.15. The Balaban J connectivity index is 1.93. The minimum Gasteiger partial charge on any atom is -0.187 e. The summed E-state index contributed by atoms with van der Waals surface area (Å²) < 4.78 is 2.44. The SMILES string of the molecule is CCCc1ccc2c(c1)-c1ccc3ccccc3[n+]1C2. The summed E-state index contributed by atoms with van der Waals surface area (Å²) in [5.74, 6) is 0. The molecule has 2 aromatic carbocycles. The fraction of sp³-hybridized carbons (Fsp3) is 0.211. The maximum Gasteiger partial charge on any atom is 0.213 e. The molecule has 0 bridgehead atoms. The number of hydrogen-bond donors (Lipinski definition) is 0. The monoisotopic (exact) mass is 260 g/mol. The van der Waals surface area contributed by atoms with Crippen LogP contribution in [0.3, 0.4) is 0 Å². The minimum atomic E-state index is 0.998. The van der Waals surface area contributed by atoms with Crippen molar-refractivity contribution < 1.29 is 4.57 Å². The Morgan fingerprint density at radius 1 is 1.00 bits per heavy atom. The Morgan fingerprint density at radius 3 is 2.80 bits per heavy atom. The van der Waals surface area contributed by atoms with Crippen molar-refractivity contribution in [2.24, 2.45) is 0 Å². The molecule has 0 spiro atoms. The van der Waals surface area contributed by atoms with Gasteiger partial charge in [0.1, 0.15) is 0 Å². The van der Waals surface area contributed by atoms with Crippen LogP contribution in [0.4, 0.5) is 0 Å². The van der Waals surface area contributed by atoms with E-state index in [0.717, 1.165) is 6.54 Å². The lowest BCUT2D eigenvalue weighted by Crippen LogP contribution is -2.33. The highest BCUT2D eigenvalue weighted by atomic mass is 15.0. The summed E-state index contributed by atoms with van der Waals surface area (Å²) in [6.07, 6.45) is 2.37. The summed E-state index contributed by atoms with van der Waals surface area (Å²) in [4.78, 5) is 0. The molecule has 1 aromatic heterocycles. The zero-order valence-corrected chi connectivity index (χ0v) is 11.8. The van der Waals surface area contributed by atoms with E-state index in [1.807, 2.05) is 0 Å². The molecule has 0 N–H and O–H groups in total. The number of fused-ring (bicyclic) bond motifs is 5. The van der Waals surface area contributed by atoms with Crippen LogP contribution in [0, 0.1) is 0 Å². The number of nitrogens with zero attached hydrogens (tertiary/aromatic N) is 1. The van der Waals surface area contributed by atoms with Gasteiger partial charge in [0.25, 0.3) is 0 Å². The van der Waals surface area contributed by atoms with Crippen molar-refractivity contribution in [1.29, 1.82) is 0 Å². The van der Waals surface area contributed by atoms with E-state index in [1.165, 1.54) is 46.1 Å². The van der Waals surface area contributed by atoms with Gasteiger partial charge in [-0.1, -0.05) is 37.6 Å². The summed E-state index contributed by atoms with van der Waals surface area (Å²) in [6, 6.07) is 20.1. The first-order chi connectivity index (χ1) is 9.86. The number of hydrogen-bond acceptors (Lipinski definition) is 0. The van der Waals surface area contributed by atoms with Crippen molar-refractivity contribution >= 4 is 10.9 Å². The average molecular weight is 260 g/mol. The molecule has 1 heteroatoms. The standard InChI is InChI=1S/C19H18N/c1-2-5-14-8-9-16-13-20-18-7-4-3-6-15(18)10-11-19(20)17(16)12-14/h3-4,6-12H,2,5,13H2,1H3/q+1. The molecule has 0 radical (unpaired) electrons. The summed E-state index contributed by atoms with van der Waals surface area (Å²) in [6.45, 7) is 3.24. The second-order valence-electron chi connectivity index (χ2n) is 5.61. The highest BCUT2D eigenvalue weighted by Crippen LogP contribution is 2.30. The fourth-order valence-corrected chi connectivity index (χ4v) is 3.28. The molecular weight excluding hydrogens is 242 g/mol. The second kappa shape index (κ2) is 4.45. The molecule has 4 rings (SSSR count). The third-order valence-corrected chi connectivity index (χ3v) is 4.26. The first-order valence-electron chi connectivity index (χ1n) is 7.40. The van der Waals surface area contributed by atoms with E-state index >= 15 is 0 Å². The minimum absolute atomic E-state index is 0.998. The van der Waals surface area contributed by atoms with E-state index in [2.05, 4.69) is 66.1 Å². The van der Waals surface area contributed by atoms with Gasteiger partial charge in [-0.2, -0.15) is 4.57 Å². The molecular formula is C19H18N+. The lowest BCUT2D eigenvalue weighted by Gasteiger charge is -2.01. The Labute approximate surface area is 119 Å². The van der Waals surface area contributed by atoms with Crippen molar-refractivity contribution in [2.45, 2.75) is 26.3 Å². The van der Waals surface area contributed by atoms with Crippen LogP contribution in [0.25, 0.3) is 22.2 Å². The predicted molar refractivity (Wildman–Crippen MR) is 82.7 cm³/mol. The topological polar surface area (TPSA) is 3.88 Å². The molecule has 2 heterocycles. The van der Waals surface area contributed by atoms with E-state index in [-0.39, 0.29) is 0 Å². The predicted octanol–water partition coefficient (Wildman–Crippen LogP) is 4.11. The van der Waals surface area contributed by atoms with E-state index < -0.39 is 0 Å². The van der Waals surface area contributed by atoms with Crippen LogP contribution < -0.4 is 4.57 Å². The highest BCUT2D eigenvalue weighted by Gasteiger charge is 2.27. The van der Waals surface area contributed by atoms with E-state index in [0.29, 0.717) is 0 Å². The number of benzene rings is 2. The lowest BCUT2D eigenvalue weighted by molar-refractivity contribution is -0.645. The summed E-state index contributed by atoms with van der Waals surface area (Å²) >= 11 is 0. The number of para-hydroxylation sites is 1. The van der Waals surface area contributed by atoms with Crippen molar-refractivity contribution in [3.63, 3.8) is 0 Å². The van der Waals surface area contributed by atoms with Gasteiger partial charge in [-0.25, -0.2) is 0 Å². The van der Waals surface area contributed by atoms with Gasteiger partial charge < -0.3 is 0 Å². The fourth-order valence-electron chi connectivity index (χ4n) is 3.28. The molecule has 0 aliphatic carbocycles. The second-order valence-corrected chi connectivity index (χ2v) is 5.61. The zero-order valence-electron chi connectivity index (χ0n) is 11.8. The Bertz CT molecular complexity index is 802. The number of pyridine rings is 1. The molecule has 20 heavy (non-hydrogen) atoms. The molecule has 1 aliphatic heterocycles. The highest BCUT2D eigenvalue weighted by molar-refractivity contribution is 5.78. The molecule has 0 unspecified atom stereocenters. The molecule has 98 valence electrons. The van der Waals surface area contributed by atoms with Crippen molar-refractivity contribution in [1.82, 2.24) is 0 Å². The smallest absolute Gasteiger partial charge is 0.187 e. The molecule has 0 fully saturated rings. The summed E-state index contributed by atoms with van der Waals surface area (Å²) in [5, 5.41) is 1.32. The van der Waals surface area contributed by atoms with Gasteiger partial charge in [0, 0.05) is 23.1 Å². The van der Waals surface area contributed by atoms with Crippen LogP contribution in [0.2, 0.25) is 0 Å². The van der Waals surface area contributed by atoms with Gasteiger partial charge in [0.15, 0.2) is 6.54 Å². The molecule has 1 nitrogen and oxygen atoms in total. The number of rotatable bonds is 2. The molecule has 1 aliphatic rings. The summed E-state index contributed by atoms with van der Waals surface area (Å²) in [5.41, 5.74) is 7.01. The zero-order chi connectivity index (χ0) is 13.5. The van der Waals surface area contributed by atoms with Crippen LogP contribution >= 0.6 is 0 Å².